The molecule has 0 saturated heterocycles. The zero-order chi connectivity index (χ0) is 7.11. The number of hydrogen-bond donors (Lipinski definition) is 1. The second kappa shape index (κ2) is 5.58. The van der Waals surface area contributed by atoms with Crippen LogP contribution in [-0.4, -0.2) is 11.5 Å². The lowest BCUT2D eigenvalue weighted by molar-refractivity contribution is 0.273. The summed E-state index contributed by atoms with van der Waals surface area (Å²) in [6, 6.07) is 0. The Bertz CT molecular complexity index is 118. The van der Waals surface area contributed by atoms with E-state index >= 15 is 0 Å². The van der Waals surface area contributed by atoms with E-state index in [2.05, 4.69) is 21.5 Å². The Hall–Kier alpha value is -0.550. The highest BCUT2D eigenvalue weighted by Crippen LogP contribution is 2.31. The van der Waals surface area contributed by atoms with Crippen LogP contribution < -0.4 is 0 Å². The zero-order valence-electron chi connectivity index (χ0n) is 4.78. The van der Waals surface area contributed by atoms with Crippen molar-refractivity contribution >= 4 is 8.60 Å². The molecule has 0 heterocycles. The standard InChI is InChI=1S/C5H7O3P/c1-3-5-8-9(6)7-4-2/h1,4,6H,2,5H2. The van der Waals surface area contributed by atoms with Crippen molar-refractivity contribution in [2.24, 2.45) is 0 Å². The van der Waals surface area contributed by atoms with E-state index in [0.29, 0.717) is 0 Å². The fourth-order valence-corrected chi connectivity index (χ4v) is 0.560. The molecular formula is C5H7O3P. The first-order valence-corrected chi connectivity index (χ1v) is 3.27. The quantitative estimate of drug-likeness (QED) is 0.365. The summed E-state index contributed by atoms with van der Waals surface area (Å²) in [6.45, 7) is 3.26. The van der Waals surface area contributed by atoms with Gasteiger partial charge in [-0.3, -0.25) is 4.52 Å². The molecule has 0 rings (SSSR count). The average molecular weight is 146 g/mol. The van der Waals surface area contributed by atoms with Crippen molar-refractivity contribution < 1.29 is 13.9 Å². The fourth-order valence-electron chi connectivity index (χ4n) is 0.187. The smallest absolute Gasteiger partial charge is 0.394 e. The summed E-state index contributed by atoms with van der Waals surface area (Å²) in [7, 11) is -1.85. The van der Waals surface area contributed by atoms with Crippen LogP contribution in [0.3, 0.4) is 0 Å². The van der Waals surface area contributed by atoms with Crippen molar-refractivity contribution in [3.8, 4) is 12.3 Å². The van der Waals surface area contributed by atoms with Gasteiger partial charge in [-0.25, -0.2) is 0 Å². The SMILES string of the molecule is C#CCOP(O)OC=C. The monoisotopic (exact) mass is 146 g/mol. The molecule has 0 aromatic heterocycles. The molecule has 1 N–H and O–H groups in total. The second-order valence-corrected chi connectivity index (χ2v) is 1.93. The van der Waals surface area contributed by atoms with Gasteiger partial charge in [0.2, 0.25) is 0 Å². The van der Waals surface area contributed by atoms with Crippen molar-refractivity contribution in [3.05, 3.63) is 12.8 Å². The molecule has 4 heteroatoms. The lowest BCUT2D eigenvalue weighted by Gasteiger charge is -2.03. The summed E-state index contributed by atoms with van der Waals surface area (Å²) >= 11 is 0. The first kappa shape index (κ1) is 8.45. The molecule has 0 bridgehead atoms. The highest BCUT2D eigenvalue weighted by molar-refractivity contribution is 7.40. The molecule has 0 radical (unpaired) electrons. The van der Waals surface area contributed by atoms with E-state index in [0.717, 1.165) is 6.26 Å². The van der Waals surface area contributed by atoms with Crippen LogP contribution in [0.1, 0.15) is 0 Å². The molecule has 0 spiro atoms. The van der Waals surface area contributed by atoms with Crippen LogP contribution in [0.2, 0.25) is 0 Å². The second-order valence-electron chi connectivity index (χ2n) is 0.987. The maximum absolute atomic E-state index is 8.63. The zero-order valence-corrected chi connectivity index (χ0v) is 5.67. The molecule has 0 aliphatic heterocycles. The van der Waals surface area contributed by atoms with Crippen molar-refractivity contribution in [2.45, 2.75) is 0 Å². The molecule has 0 aliphatic rings. The summed E-state index contributed by atoms with van der Waals surface area (Å²) in [4.78, 5) is 8.63. The summed E-state index contributed by atoms with van der Waals surface area (Å²) in [5.41, 5.74) is 0. The van der Waals surface area contributed by atoms with Crippen LogP contribution in [0.25, 0.3) is 0 Å². The first-order chi connectivity index (χ1) is 4.31. The van der Waals surface area contributed by atoms with Crippen molar-refractivity contribution in [1.29, 1.82) is 0 Å². The Labute approximate surface area is 55.3 Å². The van der Waals surface area contributed by atoms with Gasteiger partial charge in [-0.05, 0) is 0 Å². The highest BCUT2D eigenvalue weighted by atomic mass is 31.2. The molecule has 0 fully saturated rings. The molecule has 0 aromatic rings. The van der Waals surface area contributed by atoms with Crippen LogP contribution in [0.5, 0.6) is 0 Å². The van der Waals surface area contributed by atoms with E-state index in [1.165, 1.54) is 0 Å². The van der Waals surface area contributed by atoms with Gasteiger partial charge in [-0.15, -0.1) is 6.42 Å². The lowest BCUT2D eigenvalue weighted by atomic mass is 10.8. The van der Waals surface area contributed by atoms with Gasteiger partial charge in [-0.1, -0.05) is 12.5 Å². The minimum Gasteiger partial charge on any atom is -0.435 e. The van der Waals surface area contributed by atoms with Gasteiger partial charge >= 0.3 is 8.60 Å². The molecular weight excluding hydrogens is 139 g/mol. The van der Waals surface area contributed by atoms with Crippen molar-refractivity contribution in [2.75, 3.05) is 6.61 Å². The minimum atomic E-state index is -1.85. The largest absolute Gasteiger partial charge is 0.435 e. The number of hydrogen-bond acceptors (Lipinski definition) is 3. The van der Waals surface area contributed by atoms with E-state index in [4.69, 9.17) is 11.3 Å². The molecule has 1 unspecified atom stereocenters. The van der Waals surface area contributed by atoms with E-state index < -0.39 is 8.60 Å². The number of rotatable bonds is 4. The van der Waals surface area contributed by atoms with Crippen LogP contribution in [0.15, 0.2) is 12.8 Å². The third-order valence-electron chi connectivity index (χ3n) is 0.423. The topological polar surface area (TPSA) is 38.7 Å². The Morgan fingerprint density at radius 1 is 1.89 bits per heavy atom. The van der Waals surface area contributed by atoms with Gasteiger partial charge in [0.05, 0.1) is 6.26 Å². The molecule has 50 valence electrons. The Morgan fingerprint density at radius 3 is 3.00 bits per heavy atom. The van der Waals surface area contributed by atoms with E-state index in [9.17, 15) is 0 Å². The summed E-state index contributed by atoms with van der Waals surface area (Å²) in [6.07, 6.45) is 5.92. The third-order valence-corrected chi connectivity index (χ3v) is 1.10. The average Bonchev–Trinajstić information content (AvgIpc) is 1.85. The molecule has 1 atom stereocenters. The van der Waals surface area contributed by atoms with Crippen LogP contribution in [-0.2, 0) is 9.05 Å². The van der Waals surface area contributed by atoms with Gasteiger partial charge in [0.15, 0.2) is 0 Å². The Kier molecular flexibility index (Phi) is 5.24. The van der Waals surface area contributed by atoms with Crippen molar-refractivity contribution in [1.82, 2.24) is 0 Å². The van der Waals surface area contributed by atoms with Gasteiger partial charge in [0, 0.05) is 0 Å². The maximum atomic E-state index is 8.63. The predicted molar refractivity (Wildman–Crippen MR) is 35.2 cm³/mol. The van der Waals surface area contributed by atoms with Crippen molar-refractivity contribution in [3.63, 3.8) is 0 Å². The molecule has 0 amide bonds. The molecule has 3 nitrogen and oxygen atoms in total. The summed E-state index contributed by atoms with van der Waals surface area (Å²) < 4.78 is 8.93. The molecule has 0 saturated carbocycles. The molecule has 0 aliphatic carbocycles. The third kappa shape index (κ3) is 5.32. The van der Waals surface area contributed by atoms with Gasteiger partial charge in [0.1, 0.15) is 6.61 Å². The highest BCUT2D eigenvalue weighted by Gasteiger charge is 2.01. The van der Waals surface area contributed by atoms with Gasteiger partial charge < -0.3 is 9.42 Å². The summed E-state index contributed by atoms with van der Waals surface area (Å²) in [5, 5.41) is 0. The maximum Gasteiger partial charge on any atom is 0.394 e. The Morgan fingerprint density at radius 2 is 2.56 bits per heavy atom. The Balaban J connectivity index is 3.17. The minimum absolute atomic E-state index is 0.0516. The van der Waals surface area contributed by atoms with E-state index in [1.807, 2.05) is 0 Å². The van der Waals surface area contributed by atoms with E-state index in [1.54, 1.807) is 0 Å². The van der Waals surface area contributed by atoms with E-state index in [-0.39, 0.29) is 6.61 Å². The summed E-state index contributed by atoms with van der Waals surface area (Å²) in [5.74, 6) is 2.18. The lowest BCUT2D eigenvalue weighted by Crippen LogP contribution is -1.84. The van der Waals surface area contributed by atoms with Crippen LogP contribution in [0, 0.1) is 12.3 Å². The molecule has 0 aromatic carbocycles. The predicted octanol–water partition coefficient (Wildman–Crippen LogP) is 1.02. The van der Waals surface area contributed by atoms with Crippen LogP contribution >= 0.6 is 8.60 Å². The normalized spacial score (nSPS) is 11.6. The first-order valence-electron chi connectivity index (χ1n) is 2.14. The molecule has 9 heavy (non-hydrogen) atoms. The van der Waals surface area contributed by atoms with Gasteiger partial charge in [0.25, 0.3) is 0 Å². The fraction of sp³-hybridized carbons (Fsp3) is 0.200. The van der Waals surface area contributed by atoms with Crippen LogP contribution in [0.4, 0.5) is 0 Å². The van der Waals surface area contributed by atoms with Gasteiger partial charge in [-0.2, -0.15) is 0 Å². The number of terminal acetylenes is 1.